The van der Waals surface area contributed by atoms with Crippen LogP contribution < -0.4 is 5.73 Å². The highest BCUT2D eigenvalue weighted by Gasteiger charge is 2.12. The van der Waals surface area contributed by atoms with Crippen molar-refractivity contribution in [1.29, 1.82) is 4.78 Å². The van der Waals surface area contributed by atoms with E-state index in [1.54, 1.807) is 0 Å². The van der Waals surface area contributed by atoms with Crippen LogP contribution in [0.25, 0.3) is 0 Å². The van der Waals surface area contributed by atoms with Crippen molar-refractivity contribution in [3.05, 3.63) is 0 Å². The van der Waals surface area contributed by atoms with E-state index in [4.69, 9.17) is 15.6 Å². The van der Waals surface area contributed by atoms with E-state index in [0.29, 0.717) is 0 Å². The van der Waals surface area contributed by atoms with Crippen molar-refractivity contribution in [1.82, 2.24) is 0 Å². The molecule has 0 fully saturated rings. The summed E-state index contributed by atoms with van der Waals surface area (Å²) in [4.78, 5) is 10.1. The van der Waals surface area contributed by atoms with Crippen molar-refractivity contribution in [2.45, 2.75) is 12.5 Å². The number of carbonyl (C=O) groups is 1. The average Bonchev–Trinajstić information content (AvgIpc) is 1.80. The number of nitrogens with one attached hydrogen (secondary N) is 1. The van der Waals surface area contributed by atoms with E-state index >= 15 is 0 Å². The molecule has 5 nitrogen and oxygen atoms in total. The molecule has 0 aliphatic heterocycles. The minimum Gasteiger partial charge on any atom is -0.480 e. The highest BCUT2D eigenvalue weighted by Crippen LogP contribution is 1.94. The van der Waals surface area contributed by atoms with Crippen LogP contribution in [-0.2, 0) is 14.5 Å². The van der Waals surface area contributed by atoms with Crippen LogP contribution >= 0.6 is 0 Å². The Kier molecular flexibility index (Phi) is 3.47. The molecule has 6 heteroatoms. The molecule has 2 atom stereocenters. The lowest BCUT2D eigenvalue weighted by molar-refractivity contribution is -0.138. The minimum absolute atomic E-state index is 0.0421. The molecule has 66 valence electrons. The van der Waals surface area contributed by atoms with E-state index in [9.17, 15) is 9.00 Å². The minimum atomic E-state index is -2.60. The highest BCUT2D eigenvalue weighted by molar-refractivity contribution is 7.91. The third-order valence-electron chi connectivity index (χ3n) is 1.14. The third kappa shape index (κ3) is 5.81. The first kappa shape index (κ1) is 10.4. The van der Waals surface area contributed by atoms with E-state index in [1.165, 1.54) is 6.26 Å². The molecule has 0 unspecified atom stereocenters. The number of hydrogen-bond acceptors (Lipinski definition) is 4. The van der Waals surface area contributed by atoms with Gasteiger partial charge < -0.3 is 10.8 Å². The van der Waals surface area contributed by atoms with E-state index in [2.05, 4.69) is 0 Å². The molecule has 11 heavy (non-hydrogen) atoms. The first-order valence-corrected chi connectivity index (χ1v) is 5.16. The number of hydrogen-bond donors (Lipinski definition) is 3. The Morgan fingerprint density at radius 1 is 1.82 bits per heavy atom. The molecule has 0 aromatic heterocycles. The fourth-order valence-electron chi connectivity index (χ4n) is 0.475. The second-order valence-corrected chi connectivity index (χ2v) is 4.86. The zero-order valence-corrected chi connectivity index (χ0v) is 7.06. The van der Waals surface area contributed by atoms with Crippen LogP contribution in [0.15, 0.2) is 0 Å². The molecule has 0 aromatic rings. The van der Waals surface area contributed by atoms with Crippen LogP contribution in [0.5, 0.6) is 0 Å². The maximum Gasteiger partial charge on any atom is 0.320 e. The van der Waals surface area contributed by atoms with Crippen molar-refractivity contribution in [2.24, 2.45) is 5.73 Å². The number of carboxylic acids is 1. The summed E-state index contributed by atoms with van der Waals surface area (Å²) in [7, 11) is -2.60. The van der Waals surface area contributed by atoms with Crippen molar-refractivity contribution in [2.75, 3.05) is 12.0 Å². The van der Waals surface area contributed by atoms with E-state index in [1.807, 2.05) is 0 Å². The van der Waals surface area contributed by atoms with Crippen LogP contribution in [0.3, 0.4) is 0 Å². The summed E-state index contributed by atoms with van der Waals surface area (Å²) in [6.45, 7) is 0. The summed E-state index contributed by atoms with van der Waals surface area (Å²) in [5, 5.41) is 8.30. The predicted octanol–water partition coefficient (Wildman–Crippen LogP) is -0.535. The summed E-state index contributed by atoms with van der Waals surface area (Å²) in [5.41, 5.74) is 5.12. The fourth-order valence-corrected chi connectivity index (χ4v) is 1.18. The van der Waals surface area contributed by atoms with Gasteiger partial charge in [0.2, 0.25) is 0 Å². The molecule has 0 aromatic carbocycles. The van der Waals surface area contributed by atoms with Gasteiger partial charge in [-0.1, -0.05) is 0 Å². The summed E-state index contributed by atoms with van der Waals surface area (Å²) >= 11 is 0. The van der Waals surface area contributed by atoms with Gasteiger partial charge in [-0.05, 0) is 6.42 Å². The van der Waals surface area contributed by atoms with Gasteiger partial charge in [0.1, 0.15) is 6.04 Å². The van der Waals surface area contributed by atoms with Crippen LogP contribution in [0, 0.1) is 4.78 Å². The lowest BCUT2D eigenvalue weighted by Gasteiger charge is -2.04. The molecule has 0 radical (unpaired) electrons. The molecule has 0 saturated carbocycles. The predicted molar refractivity (Wildman–Crippen MR) is 41.9 cm³/mol. The monoisotopic (exact) mass is 180 g/mol. The molecular weight excluding hydrogens is 168 g/mol. The topological polar surface area (TPSA) is 104 Å². The first-order valence-electron chi connectivity index (χ1n) is 3.03. The van der Waals surface area contributed by atoms with Gasteiger partial charge in [-0.3, -0.25) is 13.8 Å². The molecule has 0 spiro atoms. The molecule has 0 aliphatic carbocycles. The van der Waals surface area contributed by atoms with Gasteiger partial charge in [0.25, 0.3) is 0 Å². The van der Waals surface area contributed by atoms with Crippen molar-refractivity contribution < 1.29 is 14.1 Å². The Bertz CT molecular complexity index is 234. The Labute approximate surface area is 65.6 Å². The molecule has 0 heterocycles. The maximum atomic E-state index is 10.7. The van der Waals surface area contributed by atoms with Gasteiger partial charge in [-0.25, -0.2) is 0 Å². The van der Waals surface area contributed by atoms with Crippen molar-refractivity contribution in [3.63, 3.8) is 0 Å². The van der Waals surface area contributed by atoms with E-state index < -0.39 is 21.7 Å². The highest BCUT2D eigenvalue weighted by atomic mass is 32.2. The molecular formula is C5H12N2O3S. The van der Waals surface area contributed by atoms with Crippen molar-refractivity contribution in [3.8, 4) is 0 Å². The smallest absolute Gasteiger partial charge is 0.320 e. The summed E-state index contributed by atoms with van der Waals surface area (Å²) in [5.74, 6) is -1.07. The van der Waals surface area contributed by atoms with Gasteiger partial charge in [0.05, 0.1) is 0 Å². The maximum absolute atomic E-state index is 10.7. The zero-order chi connectivity index (χ0) is 9.07. The summed E-state index contributed by atoms with van der Waals surface area (Å²) in [6, 6.07) is -0.999. The lowest BCUT2D eigenvalue weighted by Crippen LogP contribution is -2.31. The third-order valence-corrected chi connectivity index (χ3v) is 2.15. The van der Waals surface area contributed by atoms with Crippen LogP contribution in [0.4, 0.5) is 0 Å². The van der Waals surface area contributed by atoms with Gasteiger partial charge in [-0.2, -0.15) is 0 Å². The van der Waals surface area contributed by atoms with Crippen LogP contribution in [0.2, 0.25) is 0 Å². The molecule has 0 aliphatic rings. The summed E-state index contributed by atoms with van der Waals surface area (Å²) < 4.78 is 17.7. The second kappa shape index (κ2) is 3.68. The fraction of sp³-hybridized carbons (Fsp3) is 0.800. The molecule has 0 amide bonds. The van der Waals surface area contributed by atoms with Gasteiger partial charge in [0, 0.05) is 21.7 Å². The second-order valence-electron chi connectivity index (χ2n) is 2.44. The Hall–Kier alpha value is -0.620. The van der Waals surface area contributed by atoms with Gasteiger partial charge in [0.15, 0.2) is 0 Å². The Morgan fingerprint density at radius 2 is 2.27 bits per heavy atom. The van der Waals surface area contributed by atoms with Crippen LogP contribution in [-0.4, -0.2) is 33.3 Å². The van der Waals surface area contributed by atoms with Crippen LogP contribution in [0.1, 0.15) is 6.42 Å². The normalized spacial score (nSPS) is 18.7. The number of nitrogens with two attached hydrogens (primary N) is 1. The Morgan fingerprint density at radius 3 is 2.55 bits per heavy atom. The number of rotatable bonds is 4. The molecule has 0 saturated heterocycles. The number of carboxylic acid groups (broad SMARTS) is 1. The Balaban J connectivity index is 3.82. The molecule has 4 N–H and O–H groups in total. The zero-order valence-electron chi connectivity index (χ0n) is 6.24. The standard InChI is InChI=1S/C5H12N2O3S/c1-11(7,10)3-2-4(6)5(8)9/h4,7H,2-3,6H2,1H3,(H,8,9)/t4-,11+/m0/s1. The quantitative estimate of drug-likeness (QED) is 0.540. The molecule has 0 rings (SSSR count). The van der Waals surface area contributed by atoms with E-state index in [0.717, 1.165) is 0 Å². The van der Waals surface area contributed by atoms with Gasteiger partial charge in [-0.15, -0.1) is 0 Å². The van der Waals surface area contributed by atoms with Gasteiger partial charge >= 0.3 is 5.97 Å². The largest absolute Gasteiger partial charge is 0.480 e. The first-order chi connectivity index (χ1) is 4.83. The SMILES string of the molecule is C[S@@](=N)(=O)CC[C@H](N)C(=O)O. The van der Waals surface area contributed by atoms with E-state index in [-0.39, 0.29) is 12.2 Å². The number of aliphatic carboxylic acids is 1. The van der Waals surface area contributed by atoms with Crippen molar-refractivity contribution >= 4 is 15.7 Å². The lowest BCUT2D eigenvalue weighted by atomic mass is 10.2. The average molecular weight is 180 g/mol. The summed E-state index contributed by atoms with van der Waals surface area (Å²) in [6.07, 6.45) is 1.36. The molecule has 0 bridgehead atoms.